The number of hydrogen-bond acceptors (Lipinski definition) is 11. The fourth-order valence-electron chi connectivity index (χ4n) is 4.43. The van der Waals surface area contributed by atoms with E-state index in [1.54, 1.807) is 0 Å². The molecule has 0 aliphatic carbocycles. The van der Waals surface area contributed by atoms with E-state index in [9.17, 15) is 28.5 Å². The van der Waals surface area contributed by atoms with Gasteiger partial charge in [-0.3, -0.25) is 9.35 Å². The maximum Gasteiger partial charge on any atom is 0.397 e. The van der Waals surface area contributed by atoms with Crippen molar-refractivity contribution in [3.8, 4) is 0 Å². The van der Waals surface area contributed by atoms with Gasteiger partial charge in [0, 0.05) is 13.0 Å². The minimum Gasteiger partial charge on any atom is -0.457 e. The van der Waals surface area contributed by atoms with Gasteiger partial charge in [0.05, 0.1) is 19.8 Å². The molecular weight excluding hydrogens is 548 g/mol. The van der Waals surface area contributed by atoms with Gasteiger partial charge >= 0.3 is 16.4 Å². The van der Waals surface area contributed by atoms with Gasteiger partial charge in [0.1, 0.15) is 30.5 Å². The summed E-state index contributed by atoms with van der Waals surface area (Å²) >= 11 is 0. The van der Waals surface area contributed by atoms with Gasteiger partial charge < -0.3 is 34.3 Å². The first-order valence-corrected chi connectivity index (χ1v) is 16.2. The van der Waals surface area contributed by atoms with Crippen molar-refractivity contribution in [1.82, 2.24) is 0 Å². The molecule has 0 radical (unpaired) electrons. The second-order valence-corrected chi connectivity index (χ2v) is 11.4. The van der Waals surface area contributed by atoms with Gasteiger partial charge in [0.15, 0.2) is 6.29 Å². The molecule has 13 heteroatoms. The fraction of sp³-hybridized carbons (Fsp3) is 0.963. The molecule has 1 aliphatic heterocycles. The van der Waals surface area contributed by atoms with E-state index in [0.29, 0.717) is 13.0 Å². The minimum atomic E-state index is -5.04. The van der Waals surface area contributed by atoms with E-state index < -0.39 is 59.8 Å². The van der Waals surface area contributed by atoms with Crippen LogP contribution < -0.4 is 0 Å². The van der Waals surface area contributed by atoms with Crippen molar-refractivity contribution in [3.63, 3.8) is 0 Å². The zero-order chi connectivity index (χ0) is 29.8. The molecule has 1 fully saturated rings. The third kappa shape index (κ3) is 16.5. The van der Waals surface area contributed by atoms with E-state index >= 15 is 0 Å². The summed E-state index contributed by atoms with van der Waals surface area (Å²) in [6.45, 7) is 3.74. The Hall–Kier alpha value is -0.900. The summed E-state index contributed by atoms with van der Waals surface area (Å²) in [6.07, 6.45) is 5.48. The van der Waals surface area contributed by atoms with Crippen LogP contribution in [0.4, 0.5) is 0 Å². The van der Waals surface area contributed by atoms with Crippen molar-refractivity contribution in [2.24, 2.45) is 0 Å². The number of ether oxygens (including phenoxy) is 4. The average molecular weight is 601 g/mol. The number of hydrogen-bond donors (Lipinski definition) is 4. The lowest BCUT2D eigenvalue weighted by Gasteiger charge is -2.41. The summed E-state index contributed by atoms with van der Waals surface area (Å²) in [7, 11) is -5.04. The smallest absolute Gasteiger partial charge is 0.397 e. The molecule has 0 aromatic rings. The number of esters is 1. The zero-order valence-electron chi connectivity index (χ0n) is 24.2. The summed E-state index contributed by atoms with van der Waals surface area (Å²) in [6, 6.07) is 0. The fourth-order valence-corrected chi connectivity index (χ4v) is 4.94. The highest BCUT2D eigenvalue weighted by Crippen LogP contribution is 2.26. The Kier molecular flexibility index (Phi) is 20.2. The van der Waals surface area contributed by atoms with E-state index in [1.807, 2.05) is 6.92 Å². The normalized spacial score (nSPS) is 24.2. The highest BCUT2D eigenvalue weighted by Gasteiger charge is 2.48. The van der Waals surface area contributed by atoms with Crippen molar-refractivity contribution < 1.29 is 56.2 Å². The Labute approximate surface area is 239 Å². The SMILES string of the molecule is CCCCCCCCCCCCOCC(COC1OC(CO)C(O)C(OS(=O)(=O)O)C1O)OC(=O)CCCCC. The largest absolute Gasteiger partial charge is 0.457 e. The summed E-state index contributed by atoms with van der Waals surface area (Å²) in [4.78, 5) is 12.3. The number of carbonyl (C=O) groups is 1. The van der Waals surface area contributed by atoms with Crippen molar-refractivity contribution in [2.45, 2.75) is 141 Å². The van der Waals surface area contributed by atoms with Crippen LogP contribution in [-0.4, -0.2) is 97.5 Å². The Morgan fingerprint density at radius 1 is 0.850 bits per heavy atom. The number of aliphatic hydroxyl groups excluding tert-OH is 3. The quantitative estimate of drug-likeness (QED) is 0.0724. The highest BCUT2D eigenvalue weighted by atomic mass is 32.3. The van der Waals surface area contributed by atoms with Crippen LogP contribution in [0.1, 0.15) is 104 Å². The Morgan fingerprint density at radius 3 is 2.00 bits per heavy atom. The molecule has 12 nitrogen and oxygen atoms in total. The number of carbonyl (C=O) groups excluding carboxylic acids is 1. The molecule has 1 saturated heterocycles. The van der Waals surface area contributed by atoms with Crippen molar-refractivity contribution >= 4 is 16.4 Å². The summed E-state index contributed by atoms with van der Waals surface area (Å²) in [5.74, 6) is -0.425. The third-order valence-corrected chi connectivity index (χ3v) is 7.19. The molecule has 0 amide bonds. The van der Waals surface area contributed by atoms with Gasteiger partial charge in [0.2, 0.25) is 0 Å². The highest BCUT2D eigenvalue weighted by molar-refractivity contribution is 7.80. The Bertz CT molecular complexity index is 750. The van der Waals surface area contributed by atoms with Crippen LogP contribution in [0.3, 0.4) is 0 Å². The lowest BCUT2D eigenvalue weighted by Crippen LogP contribution is -2.60. The van der Waals surface area contributed by atoms with Gasteiger partial charge in [-0.15, -0.1) is 0 Å². The van der Waals surface area contributed by atoms with Crippen LogP contribution in [0.15, 0.2) is 0 Å². The molecule has 0 aromatic heterocycles. The van der Waals surface area contributed by atoms with E-state index in [0.717, 1.165) is 32.1 Å². The van der Waals surface area contributed by atoms with E-state index in [2.05, 4.69) is 11.1 Å². The van der Waals surface area contributed by atoms with Crippen LogP contribution in [0, 0.1) is 0 Å². The van der Waals surface area contributed by atoms with Crippen LogP contribution >= 0.6 is 0 Å². The van der Waals surface area contributed by atoms with Gasteiger partial charge in [-0.1, -0.05) is 84.5 Å². The first-order chi connectivity index (χ1) is 19.1. The van der Waals surface area contributed by atoms with E-state index in [-0.39, 0.29) is 19.6 Å². The maximum absolute atomic E-state index is 12.3. The zero-order valence-corrected chi connectivity index (χ0v) is 25.0. The summed E-state index contributed by atoms with van der Waals surface area (Å²) in [5, 5.41) is 30.1. The average Bonchev–Trinajstić information content (AvgIpc) is 2.90. The molecule has 238 valence electrons. The molecule has 1 heterocycles. The maximum atomic E-state index is 12.3. The molecule has 1 rings (SSSR count). The summed E-state index contributed by atoms with van der Waals surface area (Å²) < 4.78 is 57.9. The molecule has 40 heavy (non-hydrogen) atoms. The van der Waals surface area contributed by atoms with Crippen molar-refractivity contribution in [1.29, 1.82) is 0 Å². The third-order valence-electron chi connectivity index (χ3n) is 6.73. The number of aliphatic hydroxyl groups is 3. The minimum absolute atomic E-state index is 0.0385. The molecule has 4 N–H and O–H groups in total. The molecule has 0 bridgehead atoms. The lowest BCUT2D eigenvalue weighted by atomic mass is 9.99. The summed E-state index contributed by atoms with van der Waals surface area (Å²) in [5.41, 5.74) is 0. The molecule has 1 aliphatic rings. The van der Waals surface area contributed by atoms with Crippen molar-refractivity contribution in [3.05, 3.63) is 0 Å². The first kappa shape index (κ1) is 37.1. The predicted molar refractivity (Wildman–Crippen MR) is 147 cm³/mol. The van der Waals surface area contributed by atoms with Gasteiger partial charge in [0.25, 0.3) is 0 Å². The van der Waals surface area contributed by atoms with Gasteiger partial charge in [-0.25, -0.2) is 4.18 Å². The van der Waals surface area contributed by atoms with Crippen molar-refractivity contribution in [2.75, 3.05) is 26.4 Å². The molecule has 0 saturated carbocycles. The number of unbranched alkanes of at least 4 members (excludes halogenated alkanes) is 11. The topological polar surface area (TPSA) is 178 Å². The van der Waals surface area contributed by atoms with Crippen LogP contribution in [0.2, 0.25) is 0 Å². The molecular formula is C27H52O12S. The van der Waals surface area contributed by atoms with Crippen LogP contribution in [0.5, 0.6) is 0 Å². The van der Waals surface area contributed by atoms with E-state index in [1.165, 1.54) is 44.9 Å². The molecule has 0 aromatic carbocycles. The second-order valence-electron chi connectivity index (χ2n) is 10.4. The molecule has 0 spiro atoms. The Balaban J connectivity index is 2.55. The van der Waals surface area contributed by atoms with Crippen LogP contribution in [-0.2, 0) is 38.3 Å². The van der Waals surface area contributed by atoms with Gasteiger partial charge in [-0.05, 0) is 12.8 Å². The van der Waals surface area contributed by atoms with Crippen LogP contribution in [0.25, 0.3) is 0 Å². The Morgan fingerprint density at radius 2 is 1.43 bits per heavy atom. The lowest BCUT2D eigenvalue weighted by molar-refractivity contribution is -0.301. The van der Waals surface area contributed by atoms with E-state index in [4.69, 9.17) is 23.5 Å². The molecule has 6 unspecified atom stereocenters. The second kappa shape index (κ2) is 21.8. The van der Waals surface area contributed by atoms with Gasteiger partial charge in [-0.2, -0.15) is 8.42 Å². The number of rotatable bonds is 24. The monoisotopic (exact) mass is 600 g/mol. The molecule has 6 atom stereocenters. The first-order valence-electron chi connectivity index (χ1n) is 14.8. The standard InChI is InChI=1S/C27H52O12S/c1-3-5-7-8-9-10-11-12-13-15-17-35-19-21(37-23(29)16-14-6-4-2)20-36-27-25(31)26(39-40(32,33)34)24(30)22(18-28)38-27/h21-22,24-28,30-31H,3-20H2,1-2H3,(H,32,33,34). The predicted octanol–water partition coefficient (Wildman–Crippen LogP) is 3.06.